The molecule has 0 saturated heterocycles. The van der Waals surface area contributed by atoms with Crippen molar-refractivity contribution in [1.29, 1.82) is 0 Å². The molecule has 12 rings (SSSR count). The van der Waals surface area contributed by atoms with Crippen LogP contribution in [0.4, 0.5) is 0 Å². The molecular formula is C52H33N3. The minimum Gasteiger partial charge on any atom is -0.309 e. The molecule has 0 spiro atoms. The predicted molar refractivity (Wildman–Crippen MR) is 232 cm³/mol. The van der Waals surface area contributed by atoms with E-state index in [0.717, 1.165) is 11.4 Å². The molecule has 0 unspecified atom stereocenters. The SMILES string of the molecule is c1ccc(-n2c3ccccc3c3cc4c5cc(-c6ccc7c(c6)c6ccccc6n7-c6ccc7ccccc7c6)ccc5n(-c5ccccc5)c4cc32)cc1. The lowest BCUT2D eigenvalue weighted by molar-refractivity contribution is 1.16. The first-order chi connectivity index (χ1) is 27.3. The van der Waals surface area contributed by atoms with Gasteiger partial charge in [-0.3, -0.25) is 0 Å². The fourth-order valence-corrected chi connectivity index (χ4v) is 9.12. The van der Waals surface area contributed by atoms with E-state index in [-0.39, 0.29) is 0 Å². The third-order valence-corrected chi connectivity index (χ3v) is 11.6. The van der Waals surface area contributed by atoms with Gasteiger partial charge in [0.25, 0.3) is 0 Å². The minimum atomic E-state index is 1.15. The molecule has 3 heterocycles. The molecule has 55 heavy (non-hydrogen) atoms. The van der Waals surface area contributed by atoms with Gasteiger partial charge in [-0.25, -0.2) is 0 Å². The Labute approximate surface area is 317 Å². The van der Waals surface area contributed by atoms with Crippen LogP contribution in [0.5, 0.6) is 0 Å². The number of nitrogens with zero attached hydrogens (tertiary/aromatic N) is 3. The normalized spacial score (nSPS) is 12.0. The molecule has 0 atom stereocenters. The van der Waals surface area contributed by atoms with Gasteiger partial charge in [-0.1, -0.05) is 115 Å². The number of aromatic nitrogens is 3. The number of hydrogen-bond donors (Lipinski definition) is 0. The lowest BCUT2D eigenvalue weighted by Crippen LogP contribution is -1.95. The van der Waals surface area contributed by atoms with E-state index in [0.29, 0.717) is 0 Å². The highest BCUT2D eigenvalue weighted by atomic mass is 15.0. The van der Waals surface area contributed by atoms with E-state index < -0.39 is 0 Å². The van der Waals surface area contributed by atoms with Crippen molar-refractivity contribution in [2.75, 3.05) is 0 Å². The average molecular weight is 700 g/mol. The van der Waals surface area contributed by atoms with E-state index in [9.17, 15) is 0 Å². The van der Waals surface area contributed by atoms with Crippen LogP contribution in [-0.4, -0.2) is 13.7 Å². The first kappa shape index (κ1) is 30.1. The zero-order valence-electron chi connectivity index (χ0n) is 29.9. The molecule has 0 amide bonds. The summed E-state index contributed by atoms with van der Waals surface area (Å²) < 4.78 is 7.25. The number of hydrogen-bond acceptors (Lipinski definition) is 0. The molecule has 0 saturated carbocycles. The van der Waals surface area contributed by atoms with E-state index in [2.05, 4.69) is 214 Å². The molecule has 0 aliphatic carbocycles. The number of para-hydroxylation sites is 4. The molecule has 0 radical (unpaired) electrons. The fourth-order valence-electron chi connectivity index (χ4n) is 9.12. The topological polar surface area (TPSA) is 14.8 Å². The zero-order chi connectivity index (χ0) is 36.0. The van der Waals surface area contributed by atoms with E-state index in [1.54, 1.807) is 0 Å². The Kier molecular flexibility index (Phi) is 6.34. The first-order valence-electron chi connectivity index (χ1n) is 18.9. The van der Waals surface area contributed by atoms with E-state index in [4.69, 9.17) is 0 Å². The van der Waals surface area contributed by atoms with Gasteiger partial charge in [-0.05, 0) is 107 Å². The summed E-state index contributed by atoms with van der Waals surface area (Å²) in [4.78, 5) is 0. The summed E-state index contributed by atoms with van der Waals surface area (Å²) in [6, 6.07) is 73.3. The van der Waals surface area contributed by atoms with Gasteiger partial charge in [0.1, 0.15) is 0 Å². The number of benzene rings is 9. The molecule has 0 N–H and O–H groups in total. The summed E-state index contributed by atoms with van der Waals surface area (Å²) in [5, 5.41) is 10.0. The van der Waals surface area contributed by atoms with Crippen LogP contribution in [0.2, 0.25) is 0 Å². The Balaban J connectivity index is 1.10. The maximum Gasteiger partial charge on any atom is 0.0562 e. The Hall–Kier alpha value is -7.36. The van der Waals surface area contributed by atoms with Gasteiger partial charge in [-0.15, -0.1) is 0 Å². The van der Waals surface area contributed by atoms with Crippen LogP contribution in [0.25, 0.3) is 104 Å². The van der Waals surface area contributed by atoms with Crippen LogP contribution < -0.4 is 0 Å². The van der Waals surface area contributed by atoms with Crippen LogP contribution in [-0.2, 0) is 0 Å². The van der Waals surface area contributed by atoms with Gasteiger partial charge in [-0.2, -0.15) is 0 Å². The zero-order valence-corrected chi connectivity index (χ0v) is 29.9. The van der Waals surface area contributed by atoms with Gasteiger partial charge >= 0.3 is 0 Å². The largest absolute Gasteiger partial charge is 0.309 e. The molecule has 0 fully saturated rings. The van der Waals surface area contributed by atoms with E-state index in [1.165, 1.54) is 93.0 Å². The summed E-state index contributed by atoms with van der Waals surface area (Å²) in [7, 11) is 0. The highest BCUT2D eigenvalue weighted by molar-refractivity contribution is 6.20. The average Bonchev–Trinajstić information content (AvgIpc) is 3.88. The second kappa shape index (κ2) is 11.6. The van der Waals surface area contributed by atoms with Crippen molar-refractivity contribution in [2.45, 2.75) is 0 Å². The Morgan fingerprint density at radius 1 is 0.218 bits per heavy atom. The van der Waals surface area contributed by atoms with Crippen LogP contribution in [0.1, 0.15) is 0 Å². The predicted octanol–water partition coefficient (Wildman–Crippen LogP) is 13.8. The highest BCUT2D eigenvalue weighted by Gasteiger charge is 2.20. The molecule has 3 aromatic heterocycles. The summed E-state index contributed by atoms with van der Waals surface area (Å²) in [5.74, 6) is 0. The molecule has 256 valence electrons. The molecule has 0 aliphatic heterocycles. The van der Waals surface area contributed by atoms with Crippen molar-refractivity contribution < 1.29 is 0 Å². The maximum atomic E-state index is 2.43. The molecular weight excluding hydrogens is 667 g/mol. The Morgan fingerprint density at radius 3 is 1.25 bits per heavy atom. The Bertz CT molecular complexity index is 3470. The standard InChI is InChI=1S/C52H33N3/c1-3-15-38(16-4-1)53-47-21-11-10-20-42(47)45-32-46-44-31-37(25-28-50(44)54(52(46)33-51(45)53)39-17-5-2-6-18-39)36-24-27-49-43(30-36)41-19-9-12-22-48(41)55(49)40-26-23-34-13-7-8-14-35(34)29-40/h1-33H. The van der Waals surface area contributed by atoms with Gasteiger partial charge in [0, 0.05) is 49.4 Å². The van der Waals surface area contributed by atoms with E-state index >= 15 is 0 Å². The summed E-state index contributed by atoms with van der Waals surface area (Å²) in [6.07, 6.45) is 0. The van der Waals surface area contributed by atoms with Gasteiger partial charge in [0.2, 0.25) is 0 Å². The van der Waals surface area contributed by atoms with Crippen LogP contribution in [0.3, 0.4) is 0 Å². The van der Waals surface area contributed by atoms with Crippen molar-refractivity contribution in [3.8, 4) is 28.2 Å². The van der Waals surface area contributed by atoms with Gasteiger partial charge in [0.05, 0.1) is 33.1 Å². The van der Waals surface area contributed by atoms with E-state index in [1.807, 2.05) is 0 Å². The molecule has 12 aromatic rings. The third-order valence-electron chi connectivity index (χ3n) is 11.6. The van der Waals surface area contributed by atoms with Crippen LogP contribution in [0.15, 0.2) is 200 Å². The lowest BCUT2D eigenvalue weighted by atomic mass is 10.00. The summed E-state index contributed by atoms with van der Waals surface area (Å²) in [6.45, 7) is 0. The number of rotatable bonds is 4. The van der Waals surface area contributed by atoms with Crippen molar-refractivity contribution in [2.24, 2.45) is 0 Å². The minimum absolute atomic E-state index is 1.15. The molecule has 9 aromatic carbocycles. The summed E-state index contributed by atoms with van der Waals surface area (Å²) in [5.41, 5.74) is 13.1. The molecule has 0 bridgehead atoms. The van der Waals surface area contributed by atoms with Crippen LogP contribution in [0, 0.1) is 0 Å². The van der Waals surface area contributed by atoms with Crippen molar-refractivity contribution in [1.82, 2.24) is 13.7 Å². The number of fused-ring (bicyclic) bond motifs is 10. The summed E-state index contributed by atoms with van der Waals surface area (Å²) >= 11 is 0. The maximum absolute atomic E-state index is 2.43. The van der Waals surface area contributed by atoms with Gasteiger partial charge in [0.15, 0.2) is 0 Å². The highest BCUT2D eigenvalue weighted by Crippen LogP contribution is 2.42. The fraction of sp³-hybridized carbons (Fsp3) is 0. The monoisotopic (exact) mass is 699 g/mol. The first-order valence-corrected chi connectivity index (χ1v) is 18.9. The smallest absolute Gasteiger partial charge is 0.0562 e. The van der Waals surface area contributed by atoms with Crippen LogP contribution >= 0.6 is 0 Å². The molecule has 3 heteroatoms. The van der Waals surface area contributed by atoms with Crippen molar-refractivity contribution in [3.63, 3.8) is 0 Å². The molecule has 0 aliphatic rings. The third kappa shape index (κ3) is 4.44. The van der Waals surface area contributed by atoms with Gasteiger partial charge < -0.3 is 13.7 Å². The lowest BCUT2D eigenvalue weighted by Gasteiger charge is -2.10. The second-order valence-electron chi connectivity index (χ2n) is 14.6. The van der Waals surface area contributed by atoms with Crippen molar-refractivity contribution in [3.05, 3.63) is 200 Å². The molecule has 3 nitrogen and oxygen atoms in total. The van der Waals surface area contributed by atoms with Crippen molar-refractivity contribution >= 4 is 76.2 Å². The Morgan fingerprint density at radius 2 is 0.655 bits per heavy atom. The second-order valence-corrected chi connectivity index (χ2v) is 14.6. The quantitative estimate of drug-likeness (QED) is 0.174.